The summed E-state index contributed by atoms with van der Waals surface area (Å²) in [4.78, 5) is 1.88. The molecule has 5 heteroatoms. The predicted molar refractivity (Wildman–Crippen MR) is 46.6 cm³/mol. The quantitative estimate of drug-likeness (QED) is 0.676. The molecule has 0 N–H and O–H groups in total. The summed E-state index contributed by atoms with van der Waals surface area (Å²) in [6.07, 6.45) is -4.50. The normalized spacial score (nSPS) is 12.5. The highest BCUT2D eigenvalue weighted by atomic mass is 79.9. The van der Waals surface area contributed by atoms with Crippen molar-refractivity contribution in [3.05, 3.63) is 0 Å². The Morgan fingerprint density at radius 1 is 1.25 bits per heavy atom. The number of hydrogen-bond acceptors (Lipinski definition) is 1. The standard InChI is InChI=1S/C7H13BrF3N/c1-12(6-4-8)5-2-3-7(9,10)11/h2-6H2,1H3. The third kappa shape index (κ3) is 8.33. The van der Waals surface area contributed by atoms with E-state index in [1.54, 1.807) is 0 Å². The predicted octanol–water partition coefficient (Wildman–Crippen LogP) is 2.66. The van der Waals surface area contributed by atoms with Crippen molar-refractivity contribution in [3.8, 4) is 0 Å². The fourth-order valence-corrected chi connectivity index (χ4v) is 1.41. The summed E-state index contributed by atoms with van der Waals surface area (Å²) in [5.41, 5.74) is 0. The van der Waals surface area contributed by atoms with Gasteiger partial charge in [-0.1, -0.05) is 15.9 Å². The molecule has 0 rings (SSSR count). The molecule has 0 bridgehead atoms. The average molecular weight is 248 g/mol. The Labute approximate surface area is 79.1 Å². The molecule has 0 heterocycles. The third-order valence-corrected chi connectivity index (χ3v) is 1.82. The van der Waals surface area contributed by atoms with Crippen molar-refractivity contribution in [2.24, 2.45) is 0 Å². The number of alkyl halides is 4. The molecule has 74 valence electrons. The van der Waals surface area contributed by atoms with Crippen molar-refractivity contribution in [3.63, 3.8) is 0 Å². The number of hydrogen-bond donors (Lipinski definition) is 0. The van der Waals surface area contributed by atoms with E-state index in [9.17, 15) is 13.2 Å². The first-order chi connectivity index (χ1) is 5.45. The summed E-state index contributed by atoms with van der Waals surface area (Å²) >= 11 is 3.22. The van der Waals surface area contributed by atoms with Crippen molar-refractivity contribution in [2.75, 3.05) is 25.5 Å². The lowest BCUT2D eigenvalue weighted by Crippen LogP contribution is -2.23. The molecule has 12 heavy (non-hydrogen) atoms. The molecule has 0 atom stereocenters. The van der Waals surface area contributed by atoms with Crippen LogP contribution in [-0.4, -0.2) is 36.5 Å². The zero-order valence-corrected chi connectivity index (χ0v) is 8.58. The Morgan fingerprint density at radius 2 is 1.83 bits per heavy atom. The Balaban J connectivity index is 3.31. The second-order valence-electron chi connectivity index (χ2n) is 2.71. The molecule has 0 saturated heterocycles. The van der Waals surface area contributed by atoms with Crippen LogP contribution in [-0.2, 0) is 0 Å². The average Bonchev–Trinajstić information content (AvgIpc) is 1.84. The lowest BCUT2D eigenvalue weighted by Gasteiger charge is -2.15. The largest absolute Gasteiger partial charge is 0.389 e. The minimum atomic E-state index is -4.00. The fraction of sp³-hybridized carbons (Fsp3) is 1.00. The topological polar surface area (TPSA) is 3.24 Å². The van der Waals surface area contributed by atoms with Crippen LogP contribution in [0.25, 0.3) is 0 Å². The van der Waals surface area contributed by atoms with Crippen LogP contribution in [0.3, 0.4) is 0 Å². The van der Waals surface area contributed by atoms with E-state index in [2.05, 4.69) is 15.9 Å². The van der Waals surface area contributed by atoms with Gasteiger partial charge < -0.3 is 4.90 Å². The molecule has 0 saturated carbocycles. The summed E-state index contributed by atoms with van der Waals surface area (Å²) in [6, 6.07) is 0. The van der Waals surface area contributed by atoms with Gasteiger partial charge in [0.25, 0.3) is 0 Å². The maximum Gasteiger partial charge on any atom is 0.389 e. The van der Waals surface area contributed by atoms with Gasteiger partial charge in [0, 0.05) is 18.3 Å². The first-order valence-electron chi connectivity index (χ1n) is 3.77. The molecular weight excluding hydrogens is 235 g/mol. The van der Waals surface area contributed by atoms with E-state index in [4.69, 9.17) is 0 Å². The van der Waals surface area contributed by atoms with Gasteiger partial charge in [0.2, 0.25) is 0 Å². The molecule has 0 unspecified atom stereocenters. The Morgan fingerprint density at radius 3 is 2.25 bits per heavy atom. The lowest BCUT2D eigenvalue weighted by atomic mass is 10.3. The summed E-state index contributed by atoms with van der Waals surface area (Å²) in [5, 5.41) is 0.801. The van der Waals surface area contributed by atoms with Gasteiger partial charge in [-0.05, 0) is 20.0 Å². The second kappa shape index (κ2) is 5.80. The Bertz CT molecular complexity index is 116. The van der Waals surface area contributed by atoms with Gasteiger partial charge in [0.05, 0.1) is 0 Å². The van der Waals surface area contributed by atoms with Crippen molar-refractivity contribution < 1.29 is 13.2 Å². The van der Waals surface area contributed by atoms with Gasteiger partial charge in [-0.15, -0.1) is 0 Å². The van der Waals surface area contributed by atoms with E-state index in [0.29, 0.717) is 6.54 Å². The van der Waals surface area contributed by atoms with Crippen LogP contribution in [0.2, 0.25) is 0 Å². The number of nitrogens with zero attached hydrogens (tertiary/aromatic N) is 1. The van der Waals surface area contributed by atoms with Gasteiger partial charge in [-0.3, -0.25) is 0 Å². The van der Waals surface area contributed by atoms with E-state index in [1.165, 1.54) is 0 Å². The molecule has 0 aliphatic heterocycles. The summed E-state index contributed by atoms with van der Waals surface area (Å²) in [5.74, 6) is 0. The van der Waals surface area contributed by atoms with E-state index in [0.717, 1.165) is 11.9 Å². The third-order valence-electron chi connectivity index (χ3n) is 1.47. The summed E-state index contributed by atoms with van der Waals surface area (Å²) < 4.78 is 35.0. The molecule has 0 fully saturated rings. The summed E-state index contributed by atoms with van der Waals surface area (Å²) in [6.45, 7) is 1.29. The molecule has 1 nitrogen and oxygen atoms in total. The smallest absolute Gasteiger partial charge is 0.306 e. The van der Waals surface area contributed by atoms with Gasteiger partial charge in [0.15, 0.2) is 0 Å². The van der Waals surface area contributed by atoms with Crippen LogP contribution >= 0.6 is 15.9 Å². The van der Waals surface area contributed by atoms with Crippen molar-refractivity contribution >= 4 is 15.9 Å². The minimum Gasteiger partial charge on any atom is -0.306 e. The maximum atomic E-state index is 11.7. The Hall–Kier alpha value is 0.230. The van der Waals surface area contributed by atoms with Crippen LogP contribution in [0.15, 0.2) is 0 Å². The summed E-state index contributed by atoms with van der Waals surface area (Å²) in [7, 11) is 1.82. The fourth-order valence-electron chi connectivity index (χ4n) is 0.806. The highest BCUT2D eigenvalue weighted by Gasteiger charge is 2.26. The molecule has 0 aliphatic carbocycles. The first kappa shape index (κ1) is 12.2. The van der Waals surface area contributed by atoms with Gasteiger partial charge in [-0.2, -0.15) is 13.2 Å². The van der Waals surface area contributed by atoms with Crippen LogP contribution < -0.4 is 0 Å². The van der Waals surface area contributed by atoms with Crippen LogP contribution in [0.4, 0.5) is 13.2 Å². The maximum absolute atomic E-state index is 11.7. The van der Waals surface area contributed by atoms with Crippen LogP contribution in [0, 0.1) is 0 Å². The monoisotopic (exact) mass is 247 g/mol. The zero-order chi connectivity index (χ0) is 9.61. The van der Waals surface area contributed by atoms with E-state index in [-0.39, 0.29) is 6.42 Å². The second-order valence-corrected chi connectivity index (χ2v) is 3.50. The molecule has 0 spiro atoms. The molecule has 0 aromatic rings. The molecule has 0 radical (unpaired) electrons. The Kier molecular flexibility index (Phi) is 5.92. The highest BCUT2D eigenvalue weighted by molar-refractivity contribution is 9.09. The molecule has 0 aromatic heterocycles. The van der Waals surface area contributed by atoms with E-state index in [1.807, 2.05) is 11.9 Å². The van der Waals surface area contributed by atoms with E-state index < -0.39 is 12.6 Å². The highest BCUT2D eigenvalue weighted by Crippen LogP contribution is 2.21. The van der Waals surface area contributed by atoms with Crippen LogP contribution in [0.5, 0.6) is 0 Å². The molecular formula is C7H13BrF3N. The van der Waals surface area contributed by atoms with E-state index >= 15 is 0 Å². The van der Waals surface area contributed by atoms with Crippen molar-refractivity contribution in [1.82, 2.24) is 4.90 Å². The minimum absolute atomic E-state index is 0.188. The number of halogens is 4. The van der Waals surface area contributed by atoms with Crippen LogP contribution in [0.1, 0.15) is 12.8 Å². The zero-order valence-electron chi connectivity index (χ0n) is 6.99. The SMILES string of the molecule is CN(CCBr)CCCC(F)(F)F. The van der Waals surface area contributed by atoms with Gasteiger partial charge in [0.1, 0.15) is 0 Å². The first-order valence-corrected chi connectivity index (χ1v) is 4.89. The van der Waals surface area contributed by atoms with Crippen molar-refractivity contribution in [1.29, 1.82) is 0 Å². The van der Waals surface area contributed by atoms with Gasteiger partial charge >= 0.3 is 6.18 Å². The van der Waals surface area contributed by atoms with Crippen molar-refractivity contribution in [2.45, 2.75) is 19.0 Å². The van der Waals surface area contributed by atoms with Gasteiger partial charge in [-0.25, -0.2) is 0 Å². The molecule has 0 aromatic carbocycles. The molecule has 0 aliphatic rings. The lowest BCUT2D eigenvalue weighted by molar-refractivity contribution is -0.136. The molecule has 0 amide bonds. The number of rotatable bonds is 5.